The van der Waals surface area contributed by atoms with Crippen LogP contribution < -0.4 is 69.3 Å². The maximum atomic E-state index is 11.6. The SMILES string of the molecule is O=C(/C=C/c1ccccc1[O-])/C=C/c1ccccc1[O-].[Na+].[Na+]. The Morgan fingerprint density at radius 3 is 1.45 bits per heavy atom. The molecule has 0 atom stereocenters. The van der Waals surface area contributed by atoms with Gasteiger partial charge in [0.1, 0.15) is 0 Å². The topological polar surface area (TPSA) is 63.2 Å². The van der Waals surface area contributed by atoms with Crippen molar-refractivity contribution in [2.24, 2.45) is 0 Å². The molecule has 0 bridgehead atoms. The second kappa shape index (κ2) is 10.8. The Balaban J connectivity index is 0.00000220. The number of rotatable bonds is 4. The molecule has 5 heteroatoms. The molecule has 0 radical (unpaired) electrons. The van der Waals surface area contributed by atoms with Gasteiger partial charge in [-0.3, -0.25) is 4.79 Å². The summed E-state index contributed by atoms with van der Waals surface area (Å²) in [4.78, 5) is 11.6. The van der Waals surface area contributed by atoms with Gasteiger partial charge in [-0.2, -0.15) is 0 Å². The second-order valence-electron chi connectivity index (χ2n) is 4.14. The second-order valence-corrected chi connectivity index (χ2v) is 4.14. The van der Waals surface area contributed by atoms with Gasteiger partial charge in [-0.15, -0.1) is 11.5 Å². The molecule has 0 fully saturated rings. The molecule has 0 saturated carbocycles. The van der Waals surface area contributed by atoms with E-state index in [-0.39, 0.29) is 76.4 Å². The van der Waals surface area contributed by atoms with Crippen LogP contribution in [0.2, 0.25) is 0 Å². The summed E-state index contributed by atoms with van der Waals surface area (Å²) in [5.74, 6) is -0.549. The Labute approximate surface area is 174 Å². The summed E-state index contributed by atoms with van der Waals surface area (Å²) in [6.07, 6.45) is 5.55. The summed E-state index contributed by atoms with van der Waals surface area (Å²) in [7, 11) is 0. The molecule has 22 heavy (non-hydrogen) atoms. The minimum absolute atomic E-state index is 0. The van der Waals surface area contributed by atoms with Gasteiger partial charge in [-0.05, 0) is 23.3 Å². The molecule has 100 valence electrons. The third-order valence-electron chi connectivity index (χ3n) is 2.69. The zero-order valence-electron chi connectivity index (χ0n) is 12.7. The van der Waals surface area contributed by atoms with E-state index >= 15 is 0 Å². The van der Waals surface area contributed by atoms with E-state index in [0.717, 1.165) is 0 Å². The number of carbonyl (C=O) groups excluding carboxylic acids is 1. The summed E-state index contributed by atoms with van der Waals surface area (Å²) in [6, 6.07) is 12.9. The van der Waals surface area contributed by atoms with Crippen LogP contribution in [-0.4, -0.2) is 5.78 Å². The van der Waals surface area contributed by atoms with Crippen molar-refractivity contribution in [3.8, 4) is 11.5 Å². The van der Waals surface area contributed by atoms with E-state index in [4.69, 9.17) is 0 Å². The van der Waals surface area contributed by atoms with Crippen molar-refractivity contribution < 1.29 is 74.1 Å². The smallest absolute Gasteiger partial charge is 0.872 e. The fourth-order valence-corrected chi connectivity index (χ4v) is 1.64. The minimum Gasteiger partial charge on any atom is -0.872 e. The quantitative estimate of drug-likeness (QED) is 0.429. The summed E-state index contributed by atoms with van der Waals surface area (Å²) >= 11 is 0. The summed E-state index contributed by atoms with van der Waals surface area (Å²) in [5, 5.41) is 22.9. The number of benzene rings is 2. The van der Waals surface area contributed by atoms with Crippen LogP contribution in [0.5, 0.6) is 11.5 Å². The molecule has 0 amide bonds. The van der Waals surface area contributed by atoms with E-state index in [1.165, 1.54) is 36.4 Å². The Hall–Kier alpha value is -0.810. The van der Waals surface area contributed by atoms with Crippen LogP contribution in [0, 0.1) is 0 Å². The number of hydrogen-bond donors (Lipinski definition) is 0. The van der Waals surface area contributed by atoms with Crippen LogP contribution in [0.4, 0.5) is 0 Å². The van der Waals surface area contributed by atoms with Crippen molar-refractivity contribution in [1.29, 1.82) is 0 Å². The van der Waals surface area contributed by atoms with Crippen molar-refractivity contribution in [3.05, 3.63) is 71.8 Å². The Morgan fingerprint density at radius 1 is 0.727 bits per heavy atom. The van der Waals surface area contributed by atoms with Crippen molar-refractivity contribution >= 4 is 17.9 Å². The van der Waals surface area contributed by atoms with Crippen LogP contribution in [0.3, 0.4) is 0 Å². The number of para-hydroxylation sites is 2. The van der Waals surface area contributed by atoms with E-state index in [2.05, 4.69) is 0 Å². The van der Waals surface area contributed by atoms with Crippen LogP contribution in [0.15, 0.2) is 60.7 Å². The zero-order valence-corrected chi connectivity index (χ0v) is 16.7. The fourth-order valence-electron chi connectivity index (χ4n) is 1.64. The summed E-state index contributed by atoms with van der Waals surface area (Å²) in [6.45, 7) is 0. The minimum atomic E-state index is -0.281. The molecule has 0 spiro atoms. The average Bonchev–Trinajstić information content (AvgIpc) is 2.45. The number of carbonyl (C=O) groups is 1. The van der Waals surface area contributed by atoms with E-state index in [9.17, 15) is 15.0 Å². The number of ketones is 1. The molecule has 0 unspecified atom stereocenters. The van der Waals surface area contributed by atoms with Gasteiger partial charge < -0.3 is 10.2 Å². The van der Waals surface area contributed by atoms with Crippen LogP contribution in [0.25, 0.3) is 12.2 Å². The predicted molar refractivity (Wildman–Crippen MR) is 74.9 cm³/mol. The van der Waals surface area contributed by atoms with Crippen molar-refractivity contribution in [2.75, 3.05) is 0 Å². The zero-order chi connectivity index (χ0) is 14.4. The van der Waals surface area contributed by atoms with Crippen LogP contribution in [0.1, 0.15) is 11.1 Å². The molecule has 0 aliphatic rings. The molecule has 0 heterocycles. The molecule has 0 saturated heterocycles. The van der Waals surface area contributed by atoms with E-state index in [1.807, 2.05) is 0 Å². The first-order chi connectivity index (χ1) is 9.66. The van der Waals surface area contributed by atoms with Gasteiger partial charge in [0, 0.05) is 0 Å². The van der Waals surface area contributed by atoms with Gasteiger partial charge in [0.25, 0.3) is 0 Å². The van der Waals surface area contributed by atoms with Crippen LogP contribution >= 0.6 is 0 Å². The van der Waals surface area contributed by atoms with Crippen molar-refractivity contribution in [3.63, 3.8) is 0 Å². The largest absolute Gasteiger partial charge is 1.00 e. The summed E-state index contributed by atoms with van der Waals surface area (Å²) in [5.41, 5.74) is 0.914. The van der Waals surface area contributed by atoms with E-state index in [0.29, 0.717) is 11.1 Å². The Kier molecular flexibility index (Phi) is 10.4. The molecule has 0 aliphatic carbocycles. The first-order valence-corrected chi connectivity index (χ1v) is 6.09. The van der Waals surface area contributed by atoms with Gasteiger partial charge in [0.15, 0.2) is 5.78 Å². The molecule has 0 aromatic heterocycles. The van der Waals surface area contributed by atoms with E-state index < -0.39 is 0 Å². The van der Waals surface area contributed by atoms with Crippen LogP contribution in [-0.2, 0) is 4.79 Å². The maximum Gasteiger partial charge on any atom is 1.00 e. The third kappa shape index (κ3) is 6.53. The summed E-state index contributed by atoms with van der Waals surface area (Å²) < 4.78 is 0. The number of hydrogen-bond acceptors (Lipinski definition) is 3. The molecule has 0 N–H and O–H groups in total. The van der Waals surface area contributed by atoms with Gasteiger partial charge >= 0.3 is 59.1 Å². The van der Waals surface area contributed by atoms with Gasteiger partial charge in [-0.25, -0.2) is 0 Å². The van der Waals surface area contributed by atoms with Gasteiger partial charge in [-0.1, -0.05) is 60.7 Å². The third-order valence-corrected chi connectivity index (χ3v) is 2.69. The molecule has 3 nitrogen and oxygen atoms in total. The van der Waals surface area contributed by atoms with Crippen molar-refractivity contribution in [2.45, 2.75) is 0 Å². The predicted octanol–water partition coefficient (Wildman–Crippen LogP) is -3.86. The molecule has 2 aromatic carbocycles. The molecule has 0 aliphatic heterocycles. The standard InChI is InChI=1S/C17H14O3.2Na/c18-15(11-9-13-5-1-3-7-16(13)19)12-10-14-6-2-4-8-17(14)20;;/h1-12,19-20H;;/q;2*+1/p-2/b11-9+,12-10+;;. The molecule has 2 rings (SSSR count). The average molecular weight is 310 g/mol. The Morgan fingerprint density at radius 2 is 1.09 bits per heavy atom. The monoisotopic (exact) mass is 310 g/mol. The number of allylic oxidation sites excluding steroid dienone is 2. The van der Waals surface area contributed by atoms with E-state index in [1.54, 1.807) is 36.4 Å². The Bertz CT molecular complexity index is 622. The molecule has 2 aromatic rings. The van der Waals surface area contributed by atoms with Gasteiger partial charge in [0.2, 0.25) is 0 Å². The molecular weight excluding hydrogens is 298 g/mol. The van der Waals surface area contributed by atoms with Crippen molar-refractivity contribution in [1.82, 2.24) is 0 Å². The normalized spacial score (nSPS) is 10.2. The maximum absolute atomic E-state index is 11.6. The first-order valence-electron chi connectivity index (χ1n) is 6.09. The fraction of sp³-hybridized carbons (Fsp3) is 0. The first kappa shape index (κ1) is 21.2. The van der Waals surface area contributed by atoms with Gasteiger partial charge in [0.05, 0.1) is 0 Å². The molecular formula is C17H12Na2O3.